The predicted octanol–water partition coefficient (Wildman–Crippen LogP) is 26.1. The van der Waals surface area contributed by atoms with Gasteiger partial charge in [-0.05, 0) is 164 Å². The second-order valence-corrected chi connectivity index (χ2v) is 28.6. The third-order valence-electron chi connectivity index (χ3n) is 18.2. The van der Waals surface area contributed by atoms with E-state index in [1.54, 1.807) is 0 Å². The van der Waals surface area contributed by atoms with Gasteiger partial charge in [0.1, 0.15) is 0 Å². The number of nitrogens with zero attached hydrogens (tertiary/aromatic N) is 6. The Morgan fingerprint density at radius 3 is 0.867 bits per heavy atom. The fraction of sp³-hybridized carbons (Fsp3) is 0.126. The largest absolute Gasteiger partial charge is 0.305 e. The summed E-state index contributed by atoms with van der Waals surface area (Å²) in [6.07, 6.45) is 11.4. The van der Waals surface area contributed by atoms with E-state index in [2.05, 4.69) is 276 Å². The van der Waals surface area contributed by atoms with Crippen molar-refractivity contribution in [3.05, 3.63) is 422 Å². The zero-order valence-corrected chi connectivity index (χ0v) is 75.0. The number of aryl methyl sites for hydroxylation is 5. The normalized spacial score (nSPS) is 10.3. The zero-order chi connectivity index (χ0) is 76.4. The van der Waals surface area contributed by atoms with Crippen LogP contribution in [0.5, 0.6) is 0 Å². The van der Waals surface area contributed by atoms with Crippen LogP contribution in [0, 0.1) is 71.0 Å². The van der Waals surface area contributed by atoms with Gasteiger partial charge in [0.25, 0.3) is 0 Å². The van der Waals surface area contributed by atoms with Gasteiger partial charge >= 0.3 is 0 Å². The Morgan fingerprint density at radius 1 is 0.221 bits per heavy atom. The van der Waals surface area contributed by atoms with Crippen LogP contribution in [-0.4, -0.2) is 29.9 Å². The molecule has 113 heavy (non-hydrogen) atoms. The van der Waals surface area contributed by atoms with E-state index >= 15 is 0 Å². The third-order valence-corrected chi connectivity index (χ3v) is 18.2. The Morgan fingerprint density at radius 2 is 0.540 bits per heavy atom. The van der Waals surface area contributed by atoms with Crippen LogP contribution in [0.2, 0.25) is 0 Å². The second-order valence-electron chi connectivity index (χ2n) is 28.6. The Balaban J connectivity index is 0.000000187. The molecule has 6 heterocycles. The minimum atomic E-state index is 0. The van der Waals surface area contributed by atoms with E-state index < -0.39 is 0 Å². The van der Waals surface area contributed by atoms with Gasteiger partial charge in [-0.3, -0.25) is 0 Å². The molecule has 0 aliphatic rings. The number of aromatic nitrogens is 6. The van der Waals surface area contributed by atoms with Crippen LogP contribution in [0.3, 0.4) is 0 Å². The quantitative estimate of drug-likeness (QED) is 0.127. The molecule has 0 bridgehead atoms. The number of rotatable bonds is 10. The molecule has 4 radical (unpaired) electrons. The smallest absolute Gasteiger partial charge is 0.0239 e. The van der Waals surface area contributed by atoms with Crippen molar-refractivity contribution in [1.29, 1.82) is 0 Å². The number of hydrogen-bond donors (Lipinski definition) is 0. The average molecular weight is 2180 g/mol. The first-order valence-electron chi connectivity index (χ1n) is 36.8. The maximum atomic E-state index is 4.55. The summed E-state index contributed by atoms with van der Waals surface area (Å²) in [7, 11) is 0. The summed E-state index contributed by atoms with van der Waals surface area (Å²) in [5, 5.41) is 0. The van der Waals surface area contributed by atoms with Crippen LogP contribution >= 0.6 is 0 Å². The van der Waals surface area contributed by atoms with E-state index in [-0.39, 0.29) is 91.3 Å². The van der Waals surface area contributed by atoms with Crippen molar-refractivity contribution in [1.82, 2.24) is 29.9 Å². The van der Waals surface area contributed by atoms with Gasteiger partial charge in [0.15, 0.2) is 0 Å². The molecule has 0 atom stereocenters. The summed E-state index contributed by atoms with van der Waals surface area (Å²) in [6.45, 7) is 23.9. The molecule has 16 rings (SSSR count). The molecule has 0 aliphatic heterocycles. The molecule has 0 N–H and O–H groups in total. The van der Waals surface area contributed by atoms with E-state index in [1.807, 2.05) is 213 Å². The van der Waals surface area contributed by atoms with E-state index in [4.69, 9.17) is 0 Å². The topological polar surface area (TPSA) is 77.3 Å². The Bertz CT molecular complexity index is 5270. The summed E-state index contributed by atoms with van der Waals surface area (Å²) >= 11 is 0. The van der Waals surface area contributed by atoms with Crippen LogP contribution in [0.4, 0.5) is 0 Å². The SMILES string of the molecule is CC(C)(C)c1ccnc(-c2[c-]cccc2)c1.CC(C)(C)c1ccnc(-c2[c-]cccc2)c1.Cc1cc(C)cc(-c2ccc(-c3[c-]cccc3)nc2)c1.Cc1ccc(-c2ccc(-c3[c-]cccc3)nc2)cc1C.Cc1ccccc1-c1ccc(-c2[c-]cccc2)nc1.[Ir].[Ir].[Ir].[Ir].[c-]1ccccc1-c1ccc(-c2ccccc2)cn1. The van der Waals surface area contributed by atoms with E-state index in [0.29, 0.717) is 0 Å². The number of pyridine rings is 6. The molecule has 0 fully saturated rings. The summed E-state index contributed by atoms with van der Waals surface area (Å²) < 4.78 is 0. The maximum absolute atomic E-state index is 4.55. The first-order valence-corrected chi connectivity index (χ1v) is 36.8. The molecule has 574 valence electrons. The van der Waals surface area contributed by atoms with Gasteiger partial charge in [-0.25, -0.2) is 0 Å². The molecule has 0 unspecified atom stereocenters. The average Bonchev–Trinajstić information content (AvgIpc) is 0.862. The van der Waals surface area contributed by atoms with Gasteiger partial charge < -0.3 is 29.9 Å². The van der Waals surface area contributed by atoms with Crippen LogP contribution in [0.1, 0.15) is 80.5 Å². The van der Waals surface area contributed by atoms with Crippen molar-refractivity contribution in [2.75, 3.05) is 0 Å². The predicted molar refractivity (Wildman–Crippen MR) is 454 cm³/mol. The van der Waals surface area contributed by atoms with Crippen LogP contribution in [-0.2, 0) is 91.3 Å². The molecule has 0 amide bonds. The maximum Gasteiger partial charge on any atom is 0.0239 e. The van der Waals surface area contributed by atoms with E-state index in [1.165, 1.54) is 61.2 Å². The molecule has 0 saturated carbocycles. The monoisotopic (exact) mass is 2180 g/mol. The van der Waals surface area contributed by atoms with Crippen LogP contribution in [0.25, 0.3) is 112 Å². The van der Waals surface area contributed by atoms with Crippen molar-refractivity contribution in [2.24, 2.45) is 0 Å². The minimum absolute atomic E-state index is 0. The van der Waals surface area contributed by atoms with E-state index in [9.17, 15) is 0 Å². The Hall–Kier alpha value is -10.3. The summed E-state index contributed by atoms with van der Waals surface area (Å²) in [5.74, 6) is 0. The molecule has 6 aromatic heterocycles. The molecule has 10 aromatic carbocycles. The molecular weight excluding hydrogens is 2090 g/mol. The minimum Gasteiger partial charge on any atom is -0.305 e. The van der Waals surface area contributed by atoms with Gasteiger partial charge in [-0.15, -0.1) is 215 Å². The zero-order valence-electron chi connectivity index (χ0n) is 65.4. The fourth-order valence-electron chi connectivity index (χ4n) is 11.9. The summed E-state index contributed by atoms with van der Waals surface area (Å²) in [5.41, 5.74) is 30.8. The van der Waals surface area contributed by atoms with Gasteiger partial charge in [0, 0.05) is 118 Å². The Labute approximate surface area is 724 Å². The summed E-state index contributed by atoms with van der Waals surface area (Å²) in [4.78, 5) is 26.9. The molecular formula is C103H90Ir4N6-6. The molecule has 16 aromatic rings. The fourth-order valence-corrected chi connectivity index (χ4v) is 11.9. The van der Waals surface area contributed by atoms with Crippen molar-refractivity contribution in [3.63, 3.8) is 0 Å². The van der Waals surface area contributed by atoms with Crippen molar-refractivity contribution < 1.29 is 80.4 Å². The van der Waals surface area contributed by atoms with Gasteiger partial charge in [-0.1, -0.05) is 204 Å². The Kier molecular flexibility index (Phi) is 35.6. The first-order chi connectivity index (χ1) is 52.9. The molecule has 0 spiro atoms. The molecule has 10 heteroatoms. The standard InChI is InChI=1S/2C19H16N.C18H14N.C17H12N.2C15H16N.4Ir/c1-14-10-15(2)12-18(11-14)17-8-9-19(20-13-17)16-6-4-3-5-7-16;1-14-8-9-17(12-15(14)2)18-10-11-19(20-13-18)16-6-4-3-5-7-16;1-14-7-5-6-10-17(14)16-11-12-18(19-13-16)15-8-3-2-4-9-15;1-3-7-14(8-4-1)16-11-12-17(18-13-16)15-9-5-2-6-10-15;2*1-15(2,3)13-9-10-16-14(11-13)12-7-5-4-6-8-12;;;;/h2*3-6,8-13H,1-2H3;2-8,10-13H,1H3;1-9,11-13H;2*4-7,9-11H,1-3H3;;;;/q6*-1;;;;. The van der Waals surface area contributed by atoms with Gasteiger partial charge in [0.05, 0.1) is 0 Å². The second kappa shape index (κ2) is 44.8. The van der Waals surface area contributed by atoms with Crippen LogP contribution < -0.4 is 0 Å². The van der Waals surface area contributed by atoms with Crippen molar-refractivity contribution in [3.8, 4) is 112 Å². The van der Waals surface area contributed by atoms with Crippen molar-refractivity contribution in [2.45, 2.75) is 87.0 Å². The molecule has 6 nitrogen and oxygen atoms in total. The summed E-state index contributed by atoms with van der Waals surface area (Å²) in [6, 6.07) is 123. The first kappa shape index (κ1) is 89.9. The van der Waals surface area contributed by atoms with Gasteiger partial charge in [-0.2, -0.15) is 0 Å². The van der Waals surface area contributed by atoms with Gasteiger partial charge in [0.2, 0.25) is 0 Å². The number of hydrogen-bond acceptors (Lipinski definition) is 6. The third kappa shape index (κ3) is 26.9. The van der Waals surface area contributed by atoms with Crippen LogP contribution in [0.15, 0.2) is 347 Å². The van der Waals surface area contributed by atoms with E-state index in [0.717, 1.165) is 89.8 Å². The molecule has 0 aliphatic carbocycles. The molecule has 0 saturated heterocycles. The van der Waals surface area contributed by atoms with Crippen molar-refractivity contribution >= 4 is 0 Å². The number of benzene rings is 10.